The van der Waals surface area contributed by atoms with Gasteiger partial charge in [0.1, 0.15) is 11.6 Å². The third kappa shape index (κ3) is 3.08. The Balaban J connectivity index is 2.18. The molecular formula is C11H14N6S. The van der Waals surface area contributed by atoms with Crippen molar-refractivity contribution in [3.63, 3.8) is 0 Å². The first-order valence-electron chi connectivity index (χ1n) is 5.34. The fourth-order valence-corrected chi connectivity index (χ4v) is 2.09. The molecule has 2 rings (SSSR count). The summed E-state index contributed by atoms with van der Waals surface area (Å²) in [4.78, 5) is 13.3. The monoisotopic (exact) mass is 262 g/mol. The van der Waals surface area contributed by atoms with Crippen LogP contribution in [0.2, 0.25) is 0 Å². The molecule has 94 valence electrons. The highest BCUT2D eigenvalue weighted by Crippen LogP contribution is 2.25. The Morgan fingerprint density at radius 2 is 1.83 bits per heavy atom. The fraction of sp³-hybridized carbons (Fsp3) is 0.182. The zero-order valence-electron chi connectivity index (χ0n) is 9.87. The smallest absolute Gasteiger partial charge is 0.196 e. The fourth-order valence-electron chi connectivity index (χ4n) is 1.33. The van der Waals surface area contributed by atoms with E-state index < -0.39 is 0 Å². The van der Waals surface area contributed by atoms with Gasteiger partial charge in [0.2, 0.25) is 0 Å². The van der Waals surface area contributed by atoms with Crippen LogP contribution in [0.4, 0.5) is 11.6 Å². The van der Waals surface area contributed by atoms with E-state index >= 15 is 0 Å². The number of hydrogen-bond acceptors (Lipinski definition) is 7. The van der Waals surface area contributed by atoms with Gasteiger partial charge in [0.25, 0.3) is 0 Å². The van der Waals surface area contributed by atoms with Crippen LogP contribution in [0.1, 0.15) is 18.7 Å². The summed E-state index contributed by atoms with van der Waals surface area (Å²) >= 11 is 1.35. The minimum Gasteiger partial charge on any atom is -0.383 e. The van der Waals surface area contributed by atoms with Crippen molar-refractivity contribution in [2.75, 3.05) is 11.5 Å². The maximum absolute atomic E-state index is 5.73. The van der Waals surface area contributed by atoms with E-state index in [1.54, 1.807) is 6.20 Å². The highest BCUT2D eigenvalue weighted by molar-refractivity contribution is 7.99. The first-order chi connectivity index (χ1) is 8.54. The normalized spacial score (nSPS) is 12.3. The molecule has 0 fully saturated rings. The van der Waals surface area contributed by atoms with Crippen LogP contribution in [0, 0.1) is 0 Å². The second-order valence-electron chi connectivity index (χ2n) is 3.81. The lowest BCUT2D eigenvalue weighted by Gasteiger charge is -2.05. The van der Waals surface area contributed by atoms with E-state index in [0.717, 1.165) is 10.6 Å². The third-order valence-electron chi connectivity index (χ3n) is 2.18. The van der Waals surface area contributed by atoms with E-state index in [0.29, 0.717) is 16.8 Å². The average Bonchev–Trinajstić information content (AvgIpc) is 2.28. The Hall–Kier alpha value is -1.86. The summed E-state index contributed by atoms with van der Waals surface area (Å²) in [5, 5.41) is 0.503. The molecule has 6 nitrogen and oxygen atoms in total. The van der Waals surface area contributed by atoms with Gasteiger partial charge in [-0.3, -0.25) is 4.98 Å². The summed E-state index contributed by atoms with van der Waals surface area (Å²) in [6, 6.07) is 5.23. The standard InChI is InChI=1S/C11H14N6S/c1-6(12)8-3-2-7(5-15-8)18-11-16-9(13)4-10(14)17-11/h2-6H,12H2,1H3,(H4,13,14,16,17)/t6-/m0/s1. The predicted molar refractivity (Wildman–Crippen MR) is 71.8 cm³/mol. The van der Waals surface area contributed by atoms with Crippen molar-refractivity contribution in [2.24, 2.45) is 5.73 Å². The molecule has 2 heterocycles. The molecule has 0 saturated carbocycles. The second-order valence-corrected chi connectivity index (χ2v) is 4.85. The van der Waals surface area contributed by atoms with Gasteiger partial charge in [-0.1, -0.05) is 0 Å². The maximum Gasteiger partial charge on any atom is 0.196 e. The Labute approximate surface area is 109 Å². The van der Waals surface area contributed by atoms with Crippen LogP contribution in [-0.4, -0.2) is 15.0 Å². The third-order valence-corrected chi connectivity index (χ3v) is 3.02. The molecule has 0 radical (unpaired) electrons. The summed E-state index contributed by atoms with van der Waals surface area (Å²) in [6.45, 7) is 1.89. The topological polar surface area (TPSA) is 117 Å². The van der Waals surface area contributed by atoms with Gasteiger partial charge in [-0.05, 0) is 30.8 Å². The number of aromatic nitrogens is 3. The quantitative estimate of drug-likeness (QED) is 0.711. The lowest BCUT2D eigenvalue weighted by atomic mass is 10.2. The lowest BCUT2D eigenvalue weighted by molar-refractivity contribution is 0.777. The van der Waals surface area contributed by atoms with Gasteiger partial charge < -0.3 is 17.2 Å². The number of hydrogen-bond donors (Lipinski definition) is 3. The molecule has 6 N–H and O–H groups in total. The summed E-state index contributed by atoms with van der Waals surface area (Å²) in [5.74, 6) is 0.704. The molecule has 0 unspecified atom stereocenters. The van der Waals surface area contributed by atoms with Crippen LogP contribution < -0.4 is 17.2 Å². The molecule has 2 aromatic rings. The van der Waals surface area contributed by atoms with Crippen molar-refractivity contribution in [3.05, 3.63) is 30.1 Å². The van der Waals surface area contributed by atoms with Crippen molar-refractivity contribution in [2.45, 2.75) is 23.0 Å². The molecule has 0 aliphatic carbocycles. The SMILES string of the molecule is C[C@H](N)c1ccc(Sc2nc(N)cc(N)n2)cn1. The van der Waals surface area contributed by atoms with Gasteiger partial charge in [0, 0.05) is 23.2 Å². The molecule has 0 aliphatic rings. The summed E-state index contributed by atoms with van der Waals surface area (Å²) in [6.07, 6.45) is 1.73. The van der Waals surface area contributed by atoms with Crippen molar-refractivity contribution in [1.82, 2.24) is 15.0 Å². The Bertz CT molecular complexity index is 519. The van der Waals surface area contributed by atoms with Gasteiger partial charge in [-0.25, -0.2) is 9.97 Å². The largest absolute Gasteiger partial charge is 0.383 e. The molecule has 0 spiro atoms. The molecule has 1 atom stereocenters. The van der Waals surface area contributed by atoms with Crippen LogP contribution in [0.15, 0.2) is 34.4 Å². The van der Waals surface area contributed by atoms with Gasteiger partial charge >= 0.3 is 0 Å². The molecule has 0 aromatic carbocycles. The van der Waals surface area contributed by atoms with Gasteiger partial charge in [-0.2, -0.15) is 0 Å². The number of rotatable bonds is 3. The van der Waals surface area contributed by atoms with E-state index in [-0.39, 0.29) is 6.04 Å². The molecule has 0 bridgehead atoms. The highest BCUT2D eigenvalue weighted by atomic mass is 32.2. The maximum atomic E-state index is 5.73. The summed E-state index contributed by atoms with van der Waals surface area (Å²) in [5.41, 5.74) is 17.8. The van der Waals surface area contributed by atoms with Crippen LogP contribution >= 0.6 is 11.8 Å². The van der Waals surface area contributed by atoms with Crippen LogP contribution in [0.3, 0.4) is 0 Å². The number of nitrogens with two attached hydrogens (primary N) is 3. The number of pyridine rings is 1. The lowest BCUT2D eigenvalue weighted by Crippen LogP contribution is -2.06. The predicted octanol–water partition coefficient (Wildman–Crippen LogP) is 1.21. The molecule has 18 heavy (non-hydrogen) atoms. The second kappa shape index (κ2) is 5.19. The van der Waals surface area contributed by atoms with Gasteiger partial charge in [0.15, 0.2) is 5.16 Å². The van der Waals surface area contributed by atoms with Crippen molar-refractivity contribution in [3.8, 4) is 0 Å². The van der Waals surface area contributed by atoms with Crippen LogP contribution in [-0.2, 0) is 0 Å². The first kappa shape index (κ1) is 12.6. The van der Waals surface area contributed by atoms with Crippen molar-refractivity contribution in [1.29, 1.82) is 0 Å². The van der Waals surface area contributed by atoms with E-state index in [2.05, 4.69) is 15.0 Å². The first-order valence-corrected chi connectivity index (χ1v) is 6.15. The van der Waals surface area contributed by atoms with Crippen molar-refractivity contribution >= 4 is 23.4 Å². The Morgan fingerprint density at radius 1 is 1.17 bits per heavy atom. The van der Waals surface area contributed by atoms with Crippen molar-refractivity contribution < 1.29 is 0 Å². The van der Waals surface area contributed by atoms with E-state index in [1.807, 2.05) is 19.1 Å². The zero-order valence-corrected chi connectivity index (χ0v) is 10.7. The highest BCUT2D eigenvalue weighted by Gasteiger charge is 2.05. The Morgan fingerprint density at radius 3 is 2.33 bits per heavy atom. The van der Waals surface area contributed by atoms with Crippen LogP contribution in [0.5, 0.6) is 0 Å². The summed E-state index contributed by atoms with van der Waals surface area (Å²) in [7, 11) is 0. The number of nitrogen functional groups attached to an aromatic ring is 2. The number of anilines is 2. The zero-order chi connectivity index (χ0) is 13.1. The average molecular weight is 262 g/mol. The molecule has 2 aromatic heterocycles. The molecule has 0 amide bonds. The minimum atomic E-state index is -0.0803. The minimum absolute atomic E-state index is 0.0803. The molecular weight excluding hydrogens is 248 g/mol. The molecule has 0 saturated heterocycles. The van der Waals surface area contributed by atoms with E-state index in [1.165, 1.54) is 17.8 Å². The Kier molecular flexibility index (Phi) is 3.63. The van der Waals surface area contributed by atoms with E-state index in [9.17, 15) is 0 Å². The summed E-state index contributed by atoms with van der Waals surface area (Å²) < 4.78 is 0. The van der Waals surface area contributed by atoms with Crippen LogP contribution in [0.25, 0.3) is 0 Å². The van der Waals surface area contributed by atoms with E-state index in [4.69, 9.17) is 17.2 Å². The molecule has 0 aliphatic heterocycles. The van der Waals surface area contributed by atoms with Gasteiger partial charge in [0.05, 0.1) is 5.69 Å². The van der Waals surface area contributed by atoms with Gasteiger partial charge in [-0.15, -0.1) is 0 Å². The molecule has 7 heteroatoms. The number of nitrogens with zero attached hydrogens (tertiary/aromatic N) is 3.